The maximum atomic E-state index is 10.8. The van der Waals surface area contributed by atoms with Crippen LogP contribution in [0.25, 0.3) is 0 Å². The van der Waals surface area contributed by atoms with Crippen molar-refractivity contribution in [1.29, 1.82) is 0 Å². The van der Waals surface area contributed by atoms with Crippen molar-refractivity contribution in [2.75, 3.05) is 11.2 Å². The van der Waals surface area contributed by atoms with Crippen LogP contribution in [0.1, 0.15) is 5.69 Å². The van der Waals surface area contributed by atoms with E-state index in [4.69, 9.17) is 11.6 Å². The number of halogens is 1. The van der Waals surface area contributed by atoms with Gasteiger partial charge in [-0.2, -0.15) is 0 Å². The molecule has 0 spiro atoms. The van der Waals surface area contributed by atoms with Gasteiger partial charge in [-0.05, 0) is 0 Å². The van der Waals surface area contributed by atoms with Crippen LogP contribution in [0.5, 0.6) is 0 Å². The van der Waals surface area contributed by atoms with E-state index in [1.165, 1.54) is 11.3 Å². The van der Waals surface area contributed by atoms with E-state index in [0.717, 1.165) is 6.29 Å². The number of aldehydes is 1. The average Bonchev–Trinajstić information content (AvgIpc) is 2.53. The van der Waals surface area contributed by atoms with Crippen molar-refractivity contribution in [3.05, 3.63) is 11.1 Å². The largest absolute Gasteiger partial charge is 0.303 e. The average molecular weight is 219 g/mol. The number of nitrogens with zero attached hydrogens (tertiary/aromatic N) is 1. The highest BCUT2D eigenvalue weighted by Crippen LogP contribution is 2.15. The fourth-order valence-corrected chi connectivity index (χ4v) is 1.50. The minimum absolute atomic E-state index is 0.0946. The lowest BCUT2D eigenvalue weighted by atomic mass is 10.4. The molecule has 0 aliphatic carbocycles. The van der Waals surface area contributed by atoms with E-state index in [1.54, 1.807) is 5.38 Å². The Morgan fingerprint density at radius 3 is 3.15 bits per heavy atom. The number of hydrogen-bond donors (Lipinski definition) is 1. The van der Waals surface area contributed by atoms with Gasteiger partial charge in [-0.15, -0.1) is 22.9 Å². The molecule has 0 radical (unpaired) electrons. The molecular weight excluding hydrogens is 212 g/mol. The van der Waals surface area contributed by atoms with Crippen LogP contribution in [0.2, 0.25) is 0 Å². The lowest BCUT2D eigenvalue weighted by Gasteiger charge is -1.94. The summed E-state index contributed by atoms with van der Waals surface area (Å²) in [5.41, 5.74) is 0.657. The molecule has 13 heavy (non-hydrogen) atoms. The van der Waals surface area contributed by atoms with Crippen molar-refractivity contribution >= 4 is 40.3 Å². The Morgan fingerprint density at radius 2 is 2.54 bits per heavy atom. The van der Waals surface area contributed by atoms with Gasteiger partial charge in [0, 0.05) is 11.8 Å². The molecule has 0 aliphatic rings. The molecule has 1 rings (SSSR count). The fourth-order valence-electron chi connectivity index (χ4n) is 0.696. The number of amides is 1. The molecule has 70 valence electrons. The first kappa shape index (κ1) is 10.1. The van der Waals surface area contributed by atoms with Gasteiger partial charge in [-0.1, -0.05) is 0 Å². The van der Waals surface area contributed by atoms with Crippen LogP contribution in [0, 0.1) is 0 Å². The summed E-state index contributed by atoms with van der Waals surface area (Å²) < 4.78 is 0. The first-order valence-corrected chi connectivity index (χ1v) is 4.91. The highest BCUT2D eigenvalue weighted by atomic mass is 35.5. The van der Waals surface area contributed by atoms with Crippen LogP contribution in [0.15, 0.2) is 5.38 Å². The first-order chi connectivity index (χ1) is 6.26. The van der Waals surface area contributed by atoms with Gasteiger partial charge in [0.15, 0.2) is 5.13 Å². The summed E-state index contributed by atoms with van der Waals surface area (Å²) in [6.07, 6.45) is 1.04. The molecule has 0 unspecified atom stereocenters. The van der Waals surface area contributed by atoms with Crippen molar-refractivity contribution in [1.82, 2.24) is 4.98 Å². The number of alkyl halides is 1. The van der Waals surface area contributed by atoms with Crippen molar-refractivity contribution in [3.63, 3.8) is 0 Å². The third-order valence-corrected chi connectivity index (χ3v) is 2.26. The van der Waals surface area contributed by atoms with E-state index in [-0.39, 0.29) is 18.2 Å². The third kappa shape index (κ3) is 3.12. The number of rotatable bonds is 4. The summed E-state index contributed by atoms with van der Waals surface area (Å²) >= 11 is 6.55. The predicted octanol–water partition coefficient (Wildman–Crippen LogP) is 1.06. The number of aromatic nitrogens is 1. The smallest absolute Gasteiger partial charge is 0.241 e. The maximum absolute atomic E-state index is 10.8. The van der Waals surface area contributed by atoms with Gasteiger partial charge >= 0.3 is 0 Å². The molecule has 1 aromatic rings. The summed E-state index contributed by atoms with van der Waals surface area (Å²) in [5.74, 6) is -0.392. The van der Waals surface area contributed by atoms with Crippen LogP contribution >= 0.6 is 22.9 Å². The second-order valence-corrected chi connectivity index (χ2v) is 3.32. The number of carbonyl (C=O) groups is 2. The summed E-state index contributed by atoms with van der Waals surface area (Å²) in [7, 11) is 0. The standard InChI is InChI=1S/C7H7ClN2O2S/c8-3-6(12)10-7-9-5(1-2-11)4-13-7/h2,4H,1,3H2,(H,9,10,12). The highest BCUT2D eigenvalue weighted by molar-refractivity contribution is 7.13. The second kappa shape index (κ2) is 4.94. The summed E-state index contributed by atoms with van der Waals surface area (Å²) in [6.45, 7) is 0. The molecule has 1 N–H and O–H groups in total. The molecular formula is C7H7ClN2O2S. The highest BCUT2D eigenvalue weighted by Gasteiger charge is 2.04. The lowest BCUT2D eigenvalue weighted by molar-refractivity contribution is -0.114. The Bertz CT molecular complexity index is 313. The molecule has 1 amide bonds. The van der Waals surface area contributed by atoms with Crippen molar-refractivity contribution in [2.45, 2.75) is 6.42 Å². The Balaban J connectivity index is 2.58. The minimum atomic E-state index is -0.298. The van der Waals surface area contributed by atoms with Gasteiger partial charge < -0.3 is 10.1 Å². The summed E-state index contributed by atoms with van der Waals surface area (Å²) in [4.78, 5) is 24.9. The molecule has 0 bridgehead atoms. The van der Waals surface area contributed by atoms with Gasteiger partial charge in [0.05, 0.1) is 5.69 Å². The molecule has 0 aliphatic heterocycles. The zero-order valence-corrected chi connectivity index (χ0v) is 8.19. The maximum Gasteiger partial charge on any atom is 0.241 e. The van der Waals surface area contributed by atoms with Crippen LogP contribution in [0.3, 0.4) is 0 Å². The zero-order chi connectivity index (χ0) is 9.68. The summed E-state index contributed by atoms with van der Waals surface area (Å²) in [5, 5.41) is 4.69. The van der Waals surface area contributed by atoms with E-state index < -0.39 is 0 Å². The zero-order valence-electron chi connectivity index (χ0n) is 6.62. The number of nitrogens with one attached hydrogen (secondary N) is 1. The Kier molecular flexibility index (Phi) is 3.85. The predicted molar refractivity (Wildman–Crippen MR) is 51.2 cm³/mol. The Hall–Kier alpha value is -0.940. The quantitative estimate of drug-likeness (QED) is 0.607. The van der Waals surface area contributed by atoms with E-state index in [9.17, 15) is 9.59 Å². The van der Waals surface area contributed by atoms with Gasteiger partial charge in [0.25, 0.3) is 0 Å². The van der Waals surface area contributed by atoms with E-state index >= 15 is 0 Å². The fraction of sp³-hybridized carbons (Fsp3) is 0.286. The number of hydrogen-bond acceptors (Lipinski definition) is 4. The number of anilines is 1. The molecule has 0 fully saturated rings. The molecule has 0 atom stereocenters. The molecule has 1 aromatic heterocycles. The second-order valence-electron chi connectivity index (χ2n) is 2.20. The van der Waals surface area contributed by atoms with E-state index in [0.29, 0.717) is 10.8 Å². The molecule has 0 aromatic carbocycles. The Morgan fingerprint density at radius 1 is 1.77 bits per heavy atom. The van der Waals surface area contributed by atoms with Crippen molar-refractivity contribution < 1.29 is 9.59 Å². The molecule has 0 saturated heterocycles. The summed E-state index contributed by atoms with van der Waals surface area (Å²) in [6, 6.07) is 0. The van der Waals surface area contributed by atoms with Crippen molar-refractivity contribution in [3.8, 4) is 0 Å². The van der Waals surface area contributed by atoms with Gasteiger partial charge in [-0.25, -0.2) is 4.98 Å². The van der Waals surface area contributed by atoms with Gasteiger partial charge in [0.2, 0.25) is 5.91 Å². The monoisotopic (exact) mass is 218 g/mol. The van der Waals surface area contributed by atoms with E-state index in [1.807, 2.05) is 0 Å². The number of thiazole rings is 1. The molecule has 6 heteroatoms. The lowest BCUT2D eigenvalue weighted by Crippen LogP contribution is -2.12. The number of carbonyl (C=O) groups excluding carboxylic acids is 2. The SMILES string of the molecule is O=CCc1csc(NC(=O)CCl)n1. The van der Waals surface area contributed by atoms with Gasteiger partial charge in [0.1, 0.15) is 12.2 Å². The molecule has 0 saturated carbocycles. The van der Waals surface area contributed by atoms with Crippen LogP contribution < -0.4 is 5.32 Å². The van der Waals surface area contributed by atoms with Crippen LogP contribution in [-0.4, -0.2) is 23.1 Å². The normalized spacial score (nSPS) is 9.62. The molecule has 1 heterocycles. The van der Waals surface area contributed by atoms with E-state index in [2.05, 4.69) is 10.3 Å². The van der Waals surface area contributed by atoms with Crippen molar-refractivity contribution in [2.24, 2.45) is 0 Å². The van der Waals surface area contributed by atoms with Crippen LogP contribution in [-0.2, 0) is 16.0 Å². The third-order valence-electron chi connectivity index (χ3n) is 1.21. The first-order valence-electron chi connectivity index (χ1n) is 3.50. The topological polar surface area (TPSA) is 59.1 Å². The Labute approximate surface area is 83.9 Å². The minimum Gasteiger partial charge on any atom is -0.303 e. The molecule has 4 nitrogen and oxygen atoms in total. The van der Waals surface area contributed by atoms with Crippen LogP contribution in [0.4, 0.5) is 5.13 Å². The van der Waals surface area contributed by atoms with Gasteiger partial charge in [-0.3, -0.25) is 4.79 Å².